The van der Waals surface area contributed by atoms with Crippen LogP contribution in [0.2, 0.25) is 5.02 Å². The number of rotatable bonds is 5. The van der Waals surface area contributed by atoms with Gasteiger partial charge in [0.25, 0.3) is 0 Å². The molecule has 1 amide bonds. The van der Waals surface area contributed by atoms with E-state index in [0.717, 1.165) is 15.6 Å². The van der Waals surface area contributed by atoms with E-state index in [9.17, 15) is 4.79 Å². The minimum atomic E-state index is -0.222. The first-order valence-electron chi connectivity index (χ1n) is 8.76. The molecule has 0 unspecified atom stereocenters. The van der Waals surface area contributed by atoms with Crippen molar-refractivity contribution in [2.75, 3.05) is 0 Å². The van der Waals surface area contributed by atoms with Gasteiger partial charge in [-0.2, -0.15) is 5.10 Å². The summed E-state index contributed by atoms with van der Waals surface area (Å²) in [5, 5.41) is 11.8. The fourth-order valence-electron chi connectivity index (χ4n) is 2.79. The van der Waals surface area contributed by atoms with Crippen LogP contribution in [0, 0.1) is 0 Å². The van der Waals surface area contributed by atoms with E-state index in [1.807, 2.05) is 54.6 Å². The molecule has 8 heteroatoms. The van der Waals surface area contributed by atoms with Crippen LogP contribution in [0.5, 0.6) is 0 Å². The number of nitrogens with one attached hydrogen (secondary N) is 1. The predicted octanol–water partition coefficient (Wildman–Crippen LogP) is 5.53. The molecule has 1 fully saturated rings. The minimum absolute atomic E-state index is 0.0640. The molecule has 0 bridgehead atoms. The maximum Gasteiger partial charge on any atom is 0.239 e. The molecule has 4 rings (SSSR count). The van der Waals surface area contributed by atoms with Gasteiger partial charge in [0.05, 0.1) is 16.5 Å². The first-order valence-corrected chi connectivity index (χ1v) is 10.8. The highest BCUT2D eigenvalue weighted by Gasteiger charge is 2.30. The van der Waals surface area contributed by atoms with Crippen LogP contribution in [-0.4, -0.2) is 22.5 Å². The predicted molar refractivity (Wildman–Crippen MR) is 122 cm³/mol. The average molecular weight is 489 g/mol. The van der Waals surface area contributed by atoms with E-state index in [2.05, 4.69) is 31.4 Å². The van der Waals surface area contributed by atoms with Crippen molar-refractivity contribution < 1.29 is 9.21 Å². The number of benzene rings is 2. The SMILES string of the molecule is O=C1N/C(=N\N=C/c2ccc(-c3ccccc3Cl)o2)S[C@@H]1Cc1ccc(Br)cc1. The summed E-state index contributed by atoms with van der Waals surface area (Å²) in [7, 11) is 0. The lowest BCUT2D eigenvalue weighted by molar-refractivity contribution is -0.118. The van der Waals surface area contributed by atoms with Crippen LogP contribution in [0.15, 0.2) is 79.8 Å². The average Bonchev–Trinajstić information content (AvgIpc) is 3.31. The Morgan fingerprint density at radius 2 is 1.93 bits per heavy atom. The van der Waals surface area contributed by atoms with Crippen molar-refractivity contribution in [3.05, 3.63) is 81.5 Å². The molecular formula is C21H15BrClN3O2S. The smallest absolute Gasteiger partial charge is 0.239 e. The maximum absolute atomic E-state index is 12.2. The summed E-state index contributed by atoms with van der Waals surface area (Å²) in [5.74, 6) is 1.14. The maximum atomic E-state index is 12.2. The number of amides is 1. The van der Waals surface area contributed by atoms with Crippen LogP contribution in [-0.2, 0) is 11.2 Å². The largest absolute Gasteiger partial charge is 0.455 e. The van der Waals surface area contributed by atoms with Gasteiger partial charge in [0.1, 0.15) is 11.5 Å². The Morgan fingerprint density at radius 3 is 2.72 bits per heavy atom. The van der Waals surface area contributed by atoms with Crippen molar-refractivity contribution in [2.24, 2.45) is 10.2 Å². The van der Waals surface area contributed by atoms with Gasteiger partial charge in [-0.3, -0.25) is 4.79 Å². The van der Waals surface area contributed by atoms with Crippen molar-refractivity contribution in [1.82, 2.24) is 5.32 Å². The summed E-state index contributed by atoms with van der Waals surface area (Å²) < 4.78 is 6.76. The Balaban J connectivity index is 1.39. The number of amidine groups is 1. The molecule has 146 valence electrons. The molecule has 29 heavy (non-hydrogen) atoms. The van der Waals surface area contributed by atoms with Gasteiger partial charge in [-0.25, -0.2) is 0 Å². The molecule has 0 saturated carbocycles. The molecule has 2 heterocycles. The van der Waals surface area contributed by atoms with Crippen molar-refractivity contribution in [3.63, 3.8) is 0 Å². The van der Waals surface area contributed by atoms with Gasteiger partial charge in [0.15, 0.2) is 5.17 Å². The number of hydrogen-bond acceptors (Lipinski definition) is 5. The third kappa shape index (κ3) is 4.98. The van der Waals surface area contributed by atoms with Crippen LogP contribution in [0.3, 0.4) is 0 Å². The zero-order chi connectivity index (χ0) is 20.2. The zero-order valence-electron chi connectivity index (χ0n) is 15.0. The summed E-state index contributed by atoms with van der Waals surface area (Å²) in [6.07, 6.45) is 2.13. The summed E-state index contributed by atoms with van der Waals surface area (Å²) >= 11 is 11.0. The molecule has 1 aromatic heterocycles. The summed E-state index contributed by atoms with van der Waals surface area (Å²) in [5.41, 5.74) is 1.91. The Morgan fingerprint density at radius 1 is 1.14 bits per heavy atom. The van der Waals surface area contributed by atoms with Crippen LogP contribution in [0.4, 0.5) is 0 Å². The number of halogens is 2. The highest BCUT2D eigenvalue weighted by molar-refractivity contribution is 9.10. The van der Waals surface area contributed by atoms with Crippen molar-refractivity contribution in [1.29, 1.82) is 0 Å². The van der Waals surface area contributed by atoms with Gasteiger partial charge < -0.3 is 9.73 Å². The Kier molecular flexibility index (Phi) is 6.18. The number of thioether (sulfide) groups is 1. The molecule has 2 aromatic carbocycles. The number of hydrogen-bond donors (Lipinski definition) is 1. The van der Waals surface area contributed by atoms with Gasteiger partial charge in [-0.05, 0) is 48.4 Å². The zero-order valence-corrected chi connectivity index (χ0v) is 18.2. The number of nitrogens with zero attached hydrogens (tertiary/aromatic N) is 2. The van der Waals surface area contributed by atoms with E-state index in [1.165, 1.54) is 18.0 Å². The van der Waals surface area contributed by atoms with E-state index in [4.69, 9.17) is 16.0 Å². The van der Waals surface area contributed by atoms with Gasteiger partial charge in [-0.1, -0.05) is 63.6 Å². The first kappa shape index (κ1) is 19.9. The number of carbonyl (C=O) groups excluding carboxylic acids is 1. The second-order valence-corrected chi connectivity index (χ2v) is 8.77. The van der Waals surface area contributed by atoms with E-state index in [-0.39, 0.29) is 11.2 Å². The topological polar surface area (TPSA) is 67.0 Å². The van der Waals surface area contributed by atoms with Crippen LogP contribution in [0.25, 0.3) is 11.3 Å². The lowest BCUT2D eigenvalue weighted by Gasteiger charge is -2.05. The third-order valence-electron chi connectivity index (χ3n) is 4.21. The molecule has 5 nitrogen and oxygen atoms in total. The highest BCUT2D eigenvalue weighted by atomic mass is 79.9. The van der Waals surface area contributed by atoms with Crippen LogP contribution in [0.1, 0.15) is 11.3 Å². The van der Waals surface area contributed by atoms with E-state index < -0.39 is 0 Å². The molecular weight excluding hydrogens is 474 g/mol. The van der Waals surface area contributed by atoms with Crippen molar-refractivity contribution >= 4 is 56.6 Å². The summed E-state index contributed by atoms with van der Waals surface area (Å²) in [4.78, 5) is 12.2. The number of carbonyl (C=O) groups is 1. The van der Waals surface area contributed by atoms with E-state index in [1.54, 1.807) is 6.07 Å². The molecule has 1 aliphatic rings. The Labute approximate surface area is 185 Å². The fraction of sp³-hybridized carbons (Fsp3) is 0.0952. The van der Waals surface area contributed by atoms with Gasteiger partial charge in [0.2, 0.25) is 5.91 Å². The summed E-state index contributed by atoms with van der Waals surface area (Å²) in [6, 6.07) is 19.0. The van der Waals surface area contributed by atoms with E-state index >= 15 is 0 Å². The quantitative estimate of drug-likeness (QED) is 0.379. The third-order valence-corrected chi connectivity index (χ3v) is 6.14. The molecule has 0 radical (unpaired) electrons. The molecule has 1 aliphatic heterocycles. The number of furan rings is 1. The lowest BCUT2D eigenvalue weighted by atomic mass is 10.1. The second kappa shape index (κ2) is 8.98. The van der Waals surface area contributed by atoms with Crippen molar-refractivity contribution in [3.8, 4) is 11.3 Å². The van der Waals surface area contributed by atoms with Gasteiger partial charge >= 0.3 is 0 Å². The van der Waals surface area contributed by atoms with Crippen molar-refractivity contribution in [2.45, 2.75) is 11.7 Å². The fourth-order valence-corrected chi connectivity index (χ4v) is 4.25. The van der Waals surface area contributed by atoms with E-state index in [0.29, 0.717) is 28.1 Å². The molecule has 0 spiro atoms. The highest BCUT2D eigenvalue weighted by Crippen LogP contribution is 2.29. The van der Waals surface area contributed by atoms with Gasteiger partial charge in [-0.15, -0.1) is 5.10 Å². The molecule has 1 atom stereocenters. The first-order chi connectivity index (χ1) is 14.1. The van der Waals surface area contributed by atoms with Gasteiger partial charge in [0, 0.05) is 10.0 Å². The Bertz CT molecular complexity index is 1100. The molecule has 1 saturated heterocycles. The lowest BCUT2D eigenvalue weighted by Crippen LogP contribution is -2.25. The summed E-state index contributed by atoms with van der Waals surface area (Å²) in [6.45, 7) is 0. The molecule has 0 aliphatic carbocycles. The standard InChI is InChI=1S/C21H15BrClN3O2S/c22-14-7-5-13(6-8-14)11-19-20(27)25-21(29-19)26-24-12-15-9-10-18(28-15)16-3-1-2-4-17(16)23/h1-10,12,19H,11H2,(H,25,26,27)/b24-12-/t19-/m1/s1. The second-order valence-electron chi connectivity index (χ2n) is 6.26. The van der Waals surface area contributed by atoms with Crippen LogP contribution < -0.4 is 5.32 Å². The Hall–Kier alpha value is -2.35. The van der Waals surface area contributed by atoms with Crippen LogP contribution >= 0.6 is 39.3 Å². The normalized spacial score (nSPS) is 17.9. The molecule has 3 aromatic rings. The monoisotopic (exact) mass is 487 g/mol. The molecule has 1 N–H and O–H groups in total. The minimum Gasteiger partial charge on any atom is -0.455 e.